The molecule has 1 aliphatic heterocycles. The van der Waals surface area contributed by atoms with Crippen molar-refractivity contribution in [3.05, 3.63) is 58.1 Å². The van der Waals surface area contributed by atoms with E-state index in [1.807, 2.05) is 30.5 Å². The van der Waals surface area contributed by atoms with Gasteiger partial charge in [-0.1, -0.05) is 12.1 Å². The predicted octanol–water partition coefficient (Wildman–Crippen LogP) is 3.68. The number of rotatable bonds is 7. The minimum absolute atomic E-state index is 0.0503. The molecule has 0 aromatic heterocycles. The first-order valence-electron chi connectivity index (χ1n) is 8.46. The molecule has 0 bridgehead atoms. The monoisotopic (exact) mass is 408 g/mol. The van der Waals surface area contributed by atoms with Crippen LogP contribution in [0.4, 0.5) is 5.69 Å². The van der Waals surface area contributed by atoms with E-state index in [4.69, 9.17) is 4.74 Å². The second-order valence-corrected chi connectivity index (χ2v) is 8.95. The highest BCUT2D eigenvalue weighted by atomic mass is 32.2. The van der Waals surface area contributed by atoms with Crippen molar-refractivity contribution in [3.8, 4) is 5.75 Å². The van der Waals surface area contributed by atoms with E-state index < -0.39 is 14.9 Å². The van der Waals surface area contributed by atoms with Gasteiger partial charge in [-0.25, -0.2) is 8.42 Å². The molecule has 0 spiro atoms. The molecule has 9 heteroatoms. The van der Waals surface area contributed by atoms with Crippen molar-refractivity contribution in [3.63, 3.8) is 0 Å². The van der Waals surface area contributed by atoms with Gasteiger partial charge in [0.25, 0.3) is 0 Å². The van der Waals surface area contributed by atoms with Gasteiger partial charge < -0.3 is 4.74 Å². The highest BCUT2D eigenvalue weighted by molar-refractivity contribution is 7.98. The van der Waals surface area contributed by atoms with Gasteiger partial charge in [-0.15, -0.1) is 11.8 Å². The van der Waals surface area contributed by atoms with Crippen molar-refractivity contribution in [2.75, 3.05) is 19.3 Å². The molecule has 0 saturated carbocycles. The van der Waals surface area contributed by atoms with Crippen molar-refractivity contribution in [2.45, 2.75) is 29.2 Å². The molecule has 7 nitrogen and oxygen atoms in total. The molecule has 144 valence electrons. The van der Waals surface area contributed by atoms with Crippen LogP contribution in [0.3, 0.4) is 0 Å². The topological polar surface area (TPSA) is 89.8 Å². The highest BCUT2D eigenvalue weighted by Gasteiger charge is 2.29. The maximum Gasteiger partial charge on any atom is 0.312 e. The molecule has 0 amide bonds. The molecule has 0 unspecified atom stereocenters. The quantitative estimate of drug-likeness (QED) is 0.394. The lowest BCUT2D eigenvalue weighted by atomic mass is 10.2. The largest absolute Gasteiger partial charge is 0.482 e. The van der Waals surface area contributed by atoms with Crippen LogP contribution >= 0.6 is 11.8 Å². The van der Waals surface area contributed by atoms with Crippen LogP contribution in [0.2, 0.25) is 0 Å². The number of nitro groups is 1. The van der Waals surface area contributed by atoms with Gasteiger partial charge in [0.1, 0.15) is 6.61 Å². The Morgan fingerprint density at radius 2 is 1.81 bits per heavy atom. The third kappa shape index (κ3) is 4.42. The lowest BCUT2D eigenvalue weighted by Crippen LogP contribution is -2.27. The Labute approximate surface area is 162 Å². The summed E-state index contributed by atoms with van der Waals surface area (Å²) in [5, 5.41) is 11.4. The van der Waals surface area contributed by atoms with Crippen molar-refractivity contribution in [1.82, 2.24) is 4.31 Å². The van der Waals surface area contributed by atoms with E-state index in [0.717, 1.165) is 29.4 Å². The van der Waals surface area contributed by atoms with E-state index in [1.165, 1.54) is 16.4 Å². The molecule has 1 heterocycles. The number of nitro benzene ring substituents is 1. The van der Waals surface area contributed by atoms with Gasteiger partial charge in [-0.3, -0.25) is 10.1 Å². The molecule has 3 rings (SSSR count). The van der Waals surface area contributed by atoms with Gasteiger partial charge in [-0.05, 0) is 48.9 Å². The molecule has 0 radical (unpaired) electrons. The summed E-state index contributed by atoms with van der Waals surface area (Å²) in [7, 11) is -3.72. The zero-order valence-corrected chi connectivity index (χ0v) is 16.5. The molecule has 1 saturated heterocycles. The Kier molecular flexibility index (Phi) is 6.03. The molecule has 2 aromatic rings. The first-order valence-corrected chi connectivity index (χ1v) is 11.1. The molecule has 2 aromatic carbocycles. The summed E-state index contributed by atoms with van der Waals surface area (Å²) in [5.41, 5.74) is 0.520. The fourth-order valence-electron chi connectivity index (χ4n) is 2.88. The van der Waals surface area contributed by atoms with Gasteiger partial charge in [0.15, 0.2) is 5.75 Å². The number of nitrogens with zero attached hydrogens (tertiary/aromatic N) is 2. The van der Waals surface area contributed by atoms with E-state index in [0.29, 0.717) is 13.1 Å². The number of benzene rings is 2. The number of hydrogen-bond donors (Lipinski definition) is 0. The standard InChI is InChI=1S/C18H20N2O5S2/c1-26-15-6-4-14(5-7-15)13-25-18-9-8-16(12-17(18)20(21)22)27(23,24)19-10-2-3-11-19/h4-9,12H,2-3,10-11,13H2,1H3. The second kappa shape index (κ2) is 8.28. The van der Waals surface area contributed by atoms with Gasteiger partial charge >= 0.3 is 5.69 Å². The fraction of sp³-hybridized carbons (Fsp3) is 0.333. The van der Waals surface area contributed by atoms with Crippen LogP contribution in [-0.4, -0.2) is 37.0 Å². The third-order valence-electron chi connectivity index (χ3n) is 4.38. The summed E-state index contributed by atoms with van der Waals surface area (Å²) in [4.78, 5) is 11.9. The lowest BCUT2D eigenvalue weighted by Gasteiger charge is -2.16. The van der Waals surface area contributed by atoms with Crippen LogP contribution in [-0.2, 0) is 16.6 Å². The number of hydrogen-bond acceptors (Lipinski definition) is 6. The number of ether oxygens (including phenoxy) is 1. The maximum absolute atomic E-state index is 12.6. The second-order valence-electron chi connectivity index (χ2n) is 6.13. The average molecular weight is 409 g/mol. The van der Waals surface area contributed by atoms with Crippen LogP contribution < -0.4 is 4.74 Å². The predicted molar refractivity (Wildman–Crippen MR) is 104 cm³/mol. The first kappa shape index (κ1) is 19.7. The fourth-order valence-corrected chi connectivity index (χ4v) is 4.83. The van der Waals surface area contributed by atoms with Crippen molar-refractivity contribution in [1.29, 1.82) is 0 Å². The van der Waals surface area contributed by atoms with Gasteiger partial charge in [0, 0.05) is 24.1 Å². The van der Waals surface area contributed by atoms with Crippen LogP contribution in [0.15, 0.2) is 52.3 Å². The number of sulfonamides is 1. The molecule has 0 aliphatic carbocycles. The summed E-state index contributed by atoms with van der Waals surface area (Å²) in [6, 6.07) is 11.5. The first-order chi connectivity index (χ1) is 12.9. The molecular weight excluding hydrogens is 388 g/mol. The lowest BCUT2D eigenvalue weighted by molar-refractivity contribution is -0.386. The Hall–Kier alpha value is -2.10. The Bertz CT molecular complexity index is 923. The molecule has 1 fully saturated rings. The van der Waals surface area contributed by atoms with Crippen molar-refractivity contribution < 1.29 is 18.1 Å². The highest BCUT2D eigenvalue weighted by Crippen LogP contribution is 2.32. The average Bonchev–Trinajstić information content (AvgIpc) is 3.22. The van der Waals surface area contributed by atoms with Crippen LogP contribution in [0, 0.1) is 10.1 Å². The molecule has 1 aliphatic rings. The van der Waals surface area contributed by atoms with Crippen LogP contribution in [0.1, 0.15) is 18.4 Å². The summed E-state index contributed by atoms with van der Waals surface area (Å²) in [6.45, 7) is 1.05. The zero-order valence-electron chi connectivity index (χ0n) is 14.8. The normalized spacial score (nSPS) is 15.0. The van der Waals surface area contributed by atoms with Crippen molar-refractivity contribution >= 4 is 27.5 Å². The third-order valence-corrected chi connectivity index (χ3v) is 7.02. The SMILES string of the molecule is CSc1ccc(COc2ccc(S(=O)(=O)N3CCCC3)cc2[N+](=O)[O-])cc1. The van der Waals surface area contributed by atoms with E-state index in [-0.39, 0.29) is 22.9 Å². The van der Waals surface area contributed by atoms with Crippen molar-refractivity contribution in [2.24, 2.45) is 0 Å². The van der Waals surface area contributed by atoms with Gasteiger partial charge in [0.05, 0.1) is 9.82 Å². The smallest absolute Gasteiger partial charge is 0.312 e. The summed E-state index contributed by atoms with van der Waals surface area (Å²) in [6.07, 6.45) is 3.59. The Balaban J connectivity index is 1.82. The van der Waals surface area contributed by atoms with Crippen LogP contribution in [0.5, 0.6) is 5.75 Å². The van der Waals surface area contributed by atoms with Gasteiger partial charge in [0.2, 0.25) is 10.0 Å². The molecule has 27 heavy (non-hydrogen) atoms. The molecular formula is C18H20N2O5S2. The molecule has 0 N–H and O–H groups in total. The van der Waals surface area contributed by atoms with Crippen LogP contribution in [0.25, 0.3) is 0 Å². The van der Waals surface area contributed by atoms with E-state index >= 15 is 0 Å². The summed E-state index contributed by atoms with van der Waals surface area (Å²) < 4.78 is 32.2. The van der Waals surface area contributed by atoms with E-state index in [1.54, 1.807) is 11.8 Å². The summed E-state index contributed by atoms with van der Waals surface area (Å²) in [5.74, 6) is 0.0503. The Morgan fingerprint density at radius 1 is 1.15 bits per heavy atom. The molecule has 0 atom stereocenters. The van der Waals surface area contributed by atoms with Gasteiger partial charge in [-0.2, -0.15) is 4.31 Å². The minimum atomic E-state index is -3.72. The summed E-state index contributed by atoms with van der Waals surface area (Å²) >= 11 is 1.62. The van der Waals surface area contributed by atoms with E-state index in [9.17, 15) is 18.5 Å². The Morgan fingerprint density at radius 3 is 2.41 bits per heavy atom. The number of thioether (sulfide) groups is 1. The minimum Gasteiger partial charge on any atom is -0.482 e. The zero-order chi connectivity index (χ0) is 19.4. The maximum atomic E-state index is 12.6. The van der Waals surface area contributed by atoms with E-state index in [2.05, 4.69) is 0 Å².